The van der Waals surface area contributed by atoms with Crippen LogP contribution in [0.2, 0.25) is 5.02 Å². The number of benzene rings is 1. The van der Waals surface area contributed by atoms with E-state index in [-0.39, 0.29) is 17.9 Å². The minimum atomic E-state index is -0.107. The first-order chi connectivity index (χ1) is 16.5. The summed E-state index contributed by atoms with van der Waals surface area (Å²) in [5.74, 6) is 0.684. The third-order valence-corrected chi connectivity index (χ3v) is 7.01. The lowest BCUT2D eigenvalue weighted by Crippen LogP contribution is -2.33. The third-order valence-electron chi connectivity index (χ3n) is 6.60. The SMILES string of the molecule is Cc1c(Cl)cccc1Nc1c(-c2ccncc2OC[C@@H]2CCCCO2)[nH]c2c1C(=O)NC[C@H]2C. The first-order valence-electron chi connectivity index (χ1n) is 11.8. The molecule has 34 heavy (non-hydrogen) atoms. The van der Waals surface area contributed by atoms with E-state index >= 15 is 0 Å². The average Bonchev–Trinajstić information content (AvgIpc) is 3.24. The van der Waals surface area contributed by atoms with Crippen molar-refractivity contribution >= 4 is 28.9 Å². The minimum absolute atomic E-state index is 0.0798. The van der Waals surface area contributed by atoms with Gasteiger partial charge in [-0.2, -0.15) is 0 Å². The van der Waals surface area contributed by atoms with Crippen molar-refractivity contribution in [3.8, 4) is 17.0 Å². The van der Waals surface area contributed by atoms with Gasteiger partial charge in [0.15, 0.2) is 0 Å². The van der Waals surface area contributed by atoms with Crippen LogP contribution in [0.5, 0.6) is 5.75 Å². The van der Waals surface area contributed by atoms with E-state index in [1.807, 2.05) is 31.2 Å². The van der Waals surface area contributed by atoms with Crippen molar-refractivity contribution in [3.63, 3.8) is 0 Å². The fraction of sp³-hybridized carbons (Fsp3) is 0.385. The number of ether oxygens (including phenoxy) is 2. The van der Waals surface area contributed by atoms with Gasteiger partial charge in [-0.3, -0.25) is 9.78 Å². The van der Waals surface area contributed by atoms with Crippen LogP contribution < -0.4 is 15.4 Å². The molecule has 0 aliphatic carbocycles. The molecule has 0 bridgehead atoms. The van der Waals surface area contributed by atoms with Gasteiger partial charge in [-0.25, -0.2) is 0 Å². The number of halogens is 1. The lowest BCUT2D eigenvalue weighted by atomic mass is 9.98. The standard InChI is InChI=1S/C26H29ClN4O3/c1-15-12-29-26(32)22-23(15)31-24(25(22)30-20-8-5-7-19(27)16(20)2)18-9-10-28-13-21(18)34-14-17-6-3-4-11-33-17/h5,7-10,13,15,17,30-31H,3-4,6,11-12,14H2,1-2H3,(H,29,32)/t15-,17+/m1/s1. The van der Waals surface area contributed by atoms with Gasteiger partial charge >= 0.3 is 0 Å². The summed E-state index contributed by atoms with van der Waals surface area (Å²) in [5, 5.41) is 7.16. The summed E-state index contributed by atoms with van der Waals surface area (Å²) in [4.78, 5) is 20.8. The largest absolute Gasteiger partial charge is 0.489 e. The molecule has 0 unspecified atom stereocenters. The Morgan fingerprint density at radius 3 is 3.00 bits per heavy atom. The van der Waals surface area contributed by atoms with Gasteiger partial charge in [-0.05, 0) is 49.9 Å². The predicted octanol–water partition coefficient (Wildman–Crippen LogP) is 5.58. The van der Waals surface area contributed by atoms with Gasteiger partial charge in [-0.15, -0.1) is 0 Å². The van der Waals surface area contributed by atoms with Gasteiger partial charge < -0.3 is 25.1 Å². The predicted molar refractivity (Wildman–Crippen MR) is 133 cm³/mol. The number of hydrogen-bond donors (Lipinski definition) is 3. The Labute approximate surface area is 204 Å². The second-order valence-corrected chi connectivity index (χ2v) is 9.39. The number of carbonyl (C=O) groups excluding carboxylic acids is 1. The molecule has 3 aromatic rings. The molecule has 1 saturated heterocycles. The van der Waals surface area contributed by atoms with Crippen molar-refractivity contribution < 1.29 is 14.3 Å². The highest BCUT2D eigenvalue weighted by Crippen LogP contribution is 2.43. The number of carbonyl (C=O) groups is 1. The fourth-order valence-corrected chi connectivity index (χ4v) is 4.76. The molecule has 2 aromatic heterocycles. The van der Waals surface area contributed by atoms with Crippen LogP contribution in [0.25, 0.3) is 11.3 Å². The lowest BCUT2D eigenvalue weighted by molar-refractivity contribution is -0.0110. The zero-order chi connectivity index (χ0) is 23.7. The first-order valence-corrected chi connectivity index (χ1v) is 12.2. The average molecular weight is 481 g/mol. The van der Waals surface area contributed by atoms with Crippen LogP contribution in [0.3, 0.4) is 0 Å². The summed E-state index contributed by atoms with van der Waals surface area (Å²) in [6.07, 6.45) is 6.77. The third kappa shape index (κ3) is 4.38. The highest BCUT2D eigenvalue weighted by molar-refractivity contribution is 6.31. The summed E-state index contributed by atoms with van der Waals surface area (Å²) in [6, 6.07) is 7.61. The molecule has 5 rings (SSSR count). The summed E-state index contributed by atoms with van der Waals surface area (Å²) in [7, 11) is 0. The van der Waals surface area contributed by atoms with E-state index in [4.69, 9.17) is 21.1 Å². The maximum Gasteiger partial charge on any atom is 0.255 e. The number of anilines is 2. The molecular formula is C26H29ClN4O3. The van der Waals surface area contributed by atoms with Crippen molar-refractivity contribution in [2.24, 2.45) is 0 Å². The van der Waals surface area contributed by atoms with Crippen LogP contribution in [0.4, 0.5) is 11.4 Å². The summed E-state index contributed by atoms with van der Waals surface area (Å²) >= 11 is 6.38. The van der Waals surface area contributed by atoms with Crippen LogP contribution in [0.1, 0.15) is 53.7 Å². The van der Waals surface area contributed by atoms with E-state index in [0.29, 0.717) is 35.2 Å². The normalized spacial score (nSPS) is 19.9. The van der Waals surface area contributed by atoms with Crippen molar-refractivity contribution in [1.29, 1.82) is 0 Å². The number of hydrogen-bond acceptors (Lipinski definition) is 5. The number of aromatic nitrogens is 2. The number of pyridine rings is 1. The topological polar surface area (TPSA) is 88.3 Å². The first kappa shape index (κ1) is 22.7. The molecule has 8 heteroatoms. The van der Waals surface area contributed by atoms with E-state index < -0.39 is 0 Å². The number of nitrogens with zero attached hydrogens (tertiary/aromatic N) is 1. The monoisotopic (exact) mass is 480 g/mol. The highest BCUT2D eigenvalue weighted by atomic mass is 35.5. The van der Waals surface area contributed by atoms with Crippen molar-refractivity contribution in [2.75, 3.05) is 25.1 Å². The molecule has 2 aliphatic heterocycles. The number of amides is 1. The van der Waals surface area contributed by atoms with E-state index in [0.717, 1.165) is 54.1 Å². The Kier molecular flexibility index (Phi) is 6.48. The fourth-order valence-electron chi connectivity index (χ4n) is 4.59. The maximum absolute atomic E-state index is 13.0. The Bertz CT molecular complexity index is 1200. The summed E-state index contributed by atoms with van der Waals surface area (Å²) < 4.78 is 12.0. The van der Waals surface area contributed by atoms with E-state index in [1.165, 1.54) is 0 Å². The second kappa shape index (κ2) is 9.68. The quantitative estimate of drug-likeness (QED) is 0.429. The van der Waals surface area contributed by atoms with Crippen LogP contribution in [0.15, 0.2) is 36.7 Å². The molecule has 2 aliphatic rings. The van der Waals surface area contributed by atoms with Gasteiger partial charge in [0.1, 0.15) is 12.4 Å². The van der Waals surface area contributed by atoms with Crippen LogP contribution in [-0.4, -0.2) is 41.7 Å². The Morgan fingerprint density at radius 2 is 2.18 bits per heavy atom. The number of aromatic amines is 1. The Hall–Kier alpha value is -3.03. The smallest absolute Gasteiger partial charge is 0.255 e. The number of fused-ring (bicyclic) bond motifs is 1. The molecular weight excluding hydrogens is 452 g/mol. The molecule has 7 nitrogen and oxygen atoms in total. The lowest BCUT2D eigenvalue weighted by Gasteiger charge is -2.23. The van der Waals surface area contributed by atoms with Crippen molar-refractivity contribution in [1.82, 2.24) is 15.3 Å². The second-order valence-electron chi connectivity index (χ2n) is 8.98. The Morgan fingerprint density at radius 1 is 1.29 bits per heavy atom. The molecule has 178 valence electrons. The molecule has 1 fully saturated rings. The van der Waals surface area contributed by atoms with Gasteiger partial charge in [0.2, 0.25) is 0 Å². The molecule has 0 spiro atoms. The zero-order valence-electron chi connectivity index (χ0n) is 19.4. The van der Waals surface area contributed by atoms with E-state index in [2.05, 4.69) is 27.5 Å². The molecule has 1 aromatic carbocycles. The van der Waals surface area contributed by atoms with Crippen LogP contribution >= 0.6 is 11.6 Å². The molecule has 0 radical (unpaired) electrons. The molecule has 3 N–H and O–H groups in total. The van der Waals surface area contributed by atoms with Crippen LogP contribution in [-0.2, 0) is 4.74 Å². The molecule has 0 saturated carbocycles. The molecule has 4 heterocycles. The van der Waals surface area contributed by atoms with Gasteiger partial charge in [-0.1, -0.05) is 24.6 Å². The van der Waals surface area contributed by atoms with Gasteiger partial charge in [0.25, 0.3) is 5.91 Å². The zero-order valence-corrected chi connectivity index (χ0v) is 20.2. The van der Waals surface area contributed by atoms with Gasteiger partial charge in [0, 0.05) is 47.2 Å². The van der Waals surface area contributed by atoms with Gasteiger partial charge in [0.05, 0.1) is 29.2 Å². The minimum Gasteiger partial charge on any atom is -0.489 e. The van der Waals surface area contributed by atoms with Crippen LogP contribution in [0, 0.1) is 6.92 Å². The van der Waals surface area contributed by atoms with E-state index in [9.17, 15) is 4.79 Å². The number of nitrogens with one attached hydrogen (secondary N) is 3. The van der Waals surface area contributed by atoms with Crippen molar-refractivity contribution in [3.05, 3.63) is 58.5 Å². The Balaban J connectivity index is 1.57. The van der Waals surface area contributed by atoms with E-state index in [1.54, 1.807) is 12.4 Å². The highest BCUT2D eigenvalue weighted by Gasteiger charge is 2.32. The summed E-state index contributed by atoms with van der Waals surface area (Å²) in [5.41, 5.74) is 5.60. The number of H-pyrrole nitrogens is 1. The molecule has 2 atom stereocenters. The summed E-state index contributed by atoms with van der Waals surface area (Å²) in [6.45, 7) is 5.87. The maximum atomic E-state index is 13.0. The molecule has 1 amide bonds. The number of rotatable bonds is 6. The van der Waals surface area contributed by atoms with Crippen molar-refractivity contribution in [2.45, 2.75) is 45.1 Å².